The van der Waals surface area contributed by atoms with Crippen LogP contribution in [0.2, 0.25) is 0 Å². The molecule has 7 heteroatoms. The molecule has 0 fully saturated rings. The molecule has 4 N–H and O–H groups in total. The topological polar surface area (TPSA) is 122 Å². The van der Waals surface area contributed by atoms with Gasteiger partial charge in [0.1, 0.15) is 12.6 Å². The van der Waals surface area contributed by atoms with Gasteiger partial charge in [-0.2, -0.15) is 19.5 Å². The summed E-state index contributed by atoms with van der Waals surface area (Å²) in [6.45, 7) is 6.65. The van der Waals surface area contributed by atoms with E-state index >= 15 is 0 Å². The summed E-state index contributed by atoms with van der Waals surface area (Å²) in [6, 6.07) is 0. The number of hydrogen-bond acceptors (Lipinski definition) is 4. The van der Waals surface area contributed by atoms with Crippen molar-refractivity contribution in [2.45, 2.75) is 26.2 Å². The molecule has 0 radical (unpaired) electrons. The number of allylic oxidation sites excluding steroid dienone is 2. The minimum absolute atomic E-state index is 0. The summed E-state index contributed by atoms with van der Waals surface area (Å²) in [4.78, 5) is 18.3. The summed E-state index contributed by atoms with van der Waals surface area (Å²) in [6.07, 6.45) is 7.21. The van der Waals surface area contributed by atoms with Gasteiger partial charge in [0.2, 0.25) is 0 Å². The Balaban J connectivity index is -0.0000000494. The number of unbranched alkanes of at least 4 members (excludes halogenated alkanes) is 1. The molecule has 0 rings (SSSR count). The van der Waals surface area contributed by atoms with Crippen LogP contribution >= 0.6 is 0 Å². The summed E-state index contributed by atoms with van der Waals surface area (Å²) >= 11 is 0. The van der Waals surface area contributed by atoms with Gasteiger partial charge in [-0.15, -0.1) is 0 Å². The fourth-order valence-electron chi connectivity index (χ4n) is 0.195. The van der Waals surface area contributed by atoms with Gasteiger partial charge in [-0.05, 0) is 0 Å². The molecule has 0 saturated heterocycles. The van der Waals surface area contributed by atoms with Crippen molar-refractivity contribution in [3.63, 3.8) is 0 Å². The van der Waals surface area contributed by atoms with Crippen LogP contribution < -0.4 is 0 Å². The van der Waals surface area contributed by atoms with Gasteiger partial charge in [0.05, 0.1) is 12.5 Å². The molecule has 0 heterocycles. The zero-order chi connectivity index (χ0) is 15.8. The number of carbonyl (C=O) groups excluding carboxylic acids is 2. The molecule has 0 bridgehead atoms. The number of aldehydes is 2. The van der Waals surface area contributed by atoms with E-state index in [1.54, 1.807) is 0 Å². The van der Waals surface area contributed by atoms with Crippen molar-refractivity contribution in [2.24, 2.45) is 0 Å². The van der Waals surface area contributed by atoms with Crippen molar-refractivity contribution in [1.82, 2.24) is 0 Å². The Morgan fingerprint density at radius 3 is 1.35 bits per heavy atom. The summed E-state index contributed by atoms with van der Waals surface area (Å²) in [5.74, 6) is 0. The molecule has 0 aliphatic rings. The number of aliphatic hydroxyl groups is 2. The summed E-state index contributed by atoms with van der Waals surface area (Å²) < 4.78 is 0. The second-order valence-corrected chi connectivity index (χ2v) is 2.66. The maximum Gasteiger partial charge on any atom is 3.00 e. The van der Waals surface area contributed by atoms with Gasteiger partial charge >= 0.3 is 20.1 Å². The Kier molecular flexibility index (Phi) is 81.7. The number of nitrogens with one attached hydrogen (secondary N) is 2. The minimum atomic E-state index is 0. The Hall–Kier alpha value is -1.01. The van der Waals surface area contributed by atoms with E-state index < -0.39 is 0 Å². The van der Waals surface area contributed by atoms with Crippen molar-refractivity contribution < 1.29 is 39.9 Å². The van der Waals surface area contributed by atoms with Crippen LogP contribution in [-0.2, 0) is 29.7 Å². The predicted molar refractivity (Wildman–Crippen MR) is 78.9 cm³/mol. The Morgan fingerprint density at radius 1 is 1.00 bits per heavy atom. The predicted octanol–water partition coefficient (Wildman–Crippen LogP) is 3.61. The van der Waals surface area contributed by atoms with E-state index in [1.807, 2.05) is 6.92 Å². The first-order valence-corrected chi connectivity index (χ1v) is 5.74. The third kappa shape index (κ3) is 121. The number of carbonyl (C=O) groups is 2. The Labute approximate surface area is 135 Å². The zero-order valence-electron chi connectivity index (χ0n) is 11.8. The van der Waals surface area contributed by atoms with Crippen LogP contribution in [-0.4, -0.2) is 35.9 Å². The maximum atomic E-state index is 9.16. The fourth-order valence-corrected chi connectivity index (χ4v) is 0.195. The van der Waals surface area contributed by atoms with Crippen molar-refractivity contribution >= 4 is 12.6 Å². The largest absolute Gasteiger partial charge is 3.00 e. The molecule has 0 amide bonds. The quantitative estimate of drug-likeness (QED) is 0.279. The normalized spacial score (nSPS) is 8.00. The number of hydrogen-bond donors (Lipinski definition) is 2. The molecule has 0 saturated carbocycles. The molecule has 0 unspecified atom stereocenters. The smallest absolute Gasteiger partial charge is 0.677 e. The molecule has 120 valence electrons. The van der Waals surface area contributed by atoms with Crippen LogP contribution in [0.25, 0.3) is 11.5 Å². The van der Waals surface area contributed by atoms with Crippen LogP contribution in [0, 0.1) is 6.92 Å². The first-order chi connectivity index (χ1) is 9.16. The Morgan fingerprint density at radius 2 is 1.35 bits per heavy atom. The van der Waals surface area contributed by atoms with Crippen molar-refractivity contribution in [2.75, 3.05) is 13.1 Å². The van der Waals surface area contributed by atoms with Crippen LogP contribution in [0.4, 0.5) is 0 Å². The van der Waals surface area contributed by atoms with Gasteiger partial charge < -0.3 is 28.6 Å². The summed E-state index contributed by atoms with van der Waals surface area (Å²) in [5.41, 5.74) is 13.0. The first kappa shape index (κ1) is 31.4. The minimum Gasteiger partial charge on any atom is -0.677 e. The molecule has 0 aromatic carbocycles. The van der Waals surface area contributed by atoms with Gasteiger partial charge in [0, 0.05) is 12.2 Å². The van der Waals surface area contributed by atoms with Crippen molar-refractivity contribution in [3.05, 3.63) is 43.1 Å². The molecule has 20 heavy (non-hydrogen) atoms. The molecule has 0 aromatic rings. The average Bonchev–Trinajstić information content (AvgIpc) is 2.43. The van der Waals surface area contributed by atoms with E-state index in [2.05, 4.69) is 6.92 Å². The molecule has 0 aromatic heterocycles. The fraction of sp³-hybridized carbons (Fsp3) is 0.462. The average molecular weight is 466 g/mol. The van der Waals surface area contributed by atoms with E-state index in [0.717, 1.165) is 31.4 Å². The van der Waals surface area contributed by atoms with Gasteiger partial charge in [-0.1, -0.05) is 19.8 Å². The molecule has 0 atom stereocenters. The van der Waals surface area contributed by atoms with Gasteiger partial charge in [0.15, 0.2) is 0 Å². The SMILES string of the molecule is CCC[NH-].O=C/C=C\O.O=C/C=C\O.[CH2-]CCC[NH-].[Ir+3]. The van der Waals surface area contributed by atoms with E-state index in [-0.39, 0.29) is 20.1 Å². The van der Waals surface area contributed by atoms with Crippen LogP contribution in [0.5, 0.6) is 0 Å². The zero-order valence-corrected chi connectivity index (χ0v) is 14.1. The maximum absolute atomic E-state index is 9.16. The second kappa shape index (κ2) is 52.0. The third-order valence-corrected chi connectivity index (χ3v) is 1.01. The molecular weight excluding hydrogens is 440 g/mol. The van der Waals surface area contributed by atoms with Crippen LogP contribution in [0.1, 0.15) is 26.2 Å². The molecular formula is C13H25IrN2O4. The second-order valence-electron chi connectivity index (χ2n) is 2.66. The molecule has 0 spiro atoms. The first-order valence-electron chi connectivity index (χ1n) is 5.74. The monoisotopic (exact) mass is 466 g/mol. The summed E-state index contributed by atoms with van der Waals surface area (Å²) in [5, 5.41) is 15.3. The van der Waals surface area contributed by atoms with Gasteiger partial charge in [-0.3, -0.25) is 9.59 Å². The van der Waals surface area contributed by atoms with Gasteiger partial charge in [0.25, 0.3) is 0 Å². The third-order valence-electron chi connectivity index (χ3n) is 1.01. The van der Waals surface area contributed by atoms with Crippen molar-refractivity contribution in [3.8, 4) is 0 Å². The van der Waals surface area contributed by atoms with E-state index in [9.17, 15) is 0 Å². The van der Waals surface area contributed by atoms with Crippen LogP contribution in [0.15, 0.2) is 24.7 Å². The number of rotatable bonds is 5. The van der Waals surface area contributed by atoms with E-state index in [1.165, 1.54) is 0 Å². The summed E-state index contributed by atoms with van der Waals surface area (Å²) in [7, 11) is 0. The molecule has 0 aliphatic heterocycles. The van der Waals surface area contributed by atoms with E-state index in [0.29, 0.717) is 38.2 Å². The number of aliphatic hydroxyl groups excluding tert-OH is 2. The standard InChI is InChI=1S/C4H9N.C3H8N.2C3H4O2.Ir/c1-2-3-4-5;1-2-3-4;2*4-2-1-3-5;/h5H,1-4H2;4H,2-3H2,1H3;2*1-4H;/q-2;-1;;;+3/b;;2*2-1-;. The van der Waals surface area contributed by atoms with Gasteiger partial charge in [-0.25, -0.2) is 0 Å². The van der Waals surface area contributed by atoms with Crippen LogP contribution in [0.3, 0.4) is 0 Å². The molecule has 0 aliphatic carbocycles. The Bertz CT molecular complexity index is 181. The molecule has 6 nitrogen and oxygen atoms in total. The van der Waals surface area contributed by atoms with Crippen molar-refractivity contribution in [1.29, 1.82) is 0 Å². The van der Waals surface area contributed by atoms with E-state index in [4.69, 9.17) is 31.3 Å².